The maximum Gasteiger partial charge on any atom is 0.140 e. The van der Waals surface area contributed by atoms with Crippen LogP contribution in [0.4, 0.5) is 0 Å². The molecule has 6 nitrogen and oxygen atoms in total. The van der Waals surface area contributed by atoms with E-state index < -0.39 is 5.60 Å². The zero-order valence-electron chi connectivity index (χ0n) is 13.0. The van der Waals surface area contributed by atoms with Crippen molar-refractivity contribution >= 4 is 0 Å². The van der Waals surface area contributed by atoms with Gasteiger partial charge < -0.3 is 9.84 Å². The van der Waals surface area contributed by atoms with Crippen LogP contribution in [-0.4, -0.2) is 57.2 Å². The molecule has 1 atom stereocenters. The minimum Gasteiger partial charge on any atom is -0.387 e. The summed E-state index contributed by atoms with van der Waals surface area (Å²) in [7, 11) is 1.64. The van der Waals surface area contributed by atoms with Crippen LogP contribution in [0.25, 0.3) is 0 Å². The molecule has 20 heavy (non-hydrogen) atoms. The molecule has 0 unspecified atom stereocenters. The number of aryl methyl sites for hydroxylation is 1. The molecule has 1 aliphatic heterocycles. The largest absolute Gasteiger partial charge is 0.387 e. The molecule has 0 spiro atoms. The van der Waals surface area contributed by atoms with Crippen molar-refractivity contribution in [2.24, 2.45) is 5.41 Å². The second kappa shape index (κ2) is 5.79. The highest BCUT2D eigenvalue weighted by atomic mass is 16.5. The van der Waals surface area contributed by atoms with Crippen molar-refractivity contribution < 1.29 is 9.84 Å². The molecule has 0 amide bonds. The summed E-state index contributed by atoms with van der Waals surface area (Å²) in [5, 5.41) is 15.0. The molecule has 2 heterocycles. The van der Waals surface area contributed by atoms with E-state index in [-0.39, 0.29) is 5.41 Å². The summed E-state index contributed by atoms with van der Waals surface area (Å²) < 4.78 is 7.12. The fourth-order valence-corrected chi connectivity index (χ4v) is 2.98. The molecule has 1 saturated heterocycles. The van der Waals surface area contributed by atoms with E-state index in [1.807, 2.05) is 4.68 Å². The summed E-state index contributed by atoms with van der Waals surface area (Å²) in [5.41, 5.74) is -0.963. The second-order valence-corrected chi connectivity index (χ2v) is 6.30. The summed E-state index contributed by atoms with van der Waals surface area (Å²) in [4.78, 5) is 6.66. The van der Waals surface area contributed by atoms with Gasteiger partial charge in [0.05, 0.1) is 18.8 Å². The Morgan fingerprint density at radius 2 is 2.20 bits per heavy atom. The minimum atomic E-state index is -0.753. The zero-order chi connectivity index (χ0) is 14.8. The number of piperidine rings is 1. The van der Waals surface area contributed by atoms with Gasteiger partial charge in [-0.2, -0.15) is 5.10 Å². The normalized spacial score (nSPS) is 26.9. The van der Waals surface area contributed by atoms with Crippen LogP contribution in [0.5, 0.6) is 0 Å². The molecule has 1 aliphatic rings. The molecule has 1 N–H and O–H groups in total. The number of rotatable bonds is 5. The highest BCUT2D eigenvalue weighted by Gasteiger charge is 2.47. The predicted octanol–water partition coefficient (Wildman–Crippen LogP) is 0.907. The number of ether oxygens (including phenoxy) is 1. The number of hydrogen-bond donors (Lipinski definition) is 1. The number of aliphatic hydroxyl groups is 1. The molecule has 114 valence electrons. The predicted molar refractivity (Wildman–Crippen MR) is 76.2 cm³/mol. The lowest BCUT2D eigenvalue weighted by Crippen LogP contribution is -2.59. The quantitative estimate of drug-likeness (QED) is 0.869. The fraction of sp³-hybridized carbons (Fsp3) is 0.857. The molecule has 2 rings (SSSR count). The molecule has 1 fully saturated rings. The molecule has 6 heteroatoms. The maximum atomic E-state index is 10.8. The van der Waals surface area contributed by atoms with E-state index in [4.69, 9.17) is 4.74 Å². The lowest BCUT2D eigenvalue weighted by atomic mass is 9.70. The molecule has 0 saturated carbocycles. The third-order valence-corrected chi connectivity index (χ3v) is 4.46. The van der Waals surface area contributed by atoms with Crippen LogP contribution in [0.15, 0.2) is 6.33 Å². The van der Waals surface area contributed by atoms with Crippen molar-refractivity contribution in [3.63, 3.8) is 0 Å². The van der Waals surface area contributed by atoms with E-state index in [9.17, 15) is 5.11 Å². The van der Waals surface area contributed by atoms with Crippen LogP contribution in [0.1, 0.15) is 33.0 Å². The van der Waals surface area contributed by atoms with Crippen LogP contribution in [0.2, 0.25) is 0 Å². The average Bonchev–Trinajstić information content (AvgIpc) is 2.81. The van der Waals surface area contributed by atoms with Crippen molar-refractivity contribution in [1.29, 1.82) is 0 Å². The van der Waals surface area contributed by atoms with E-state index in [2.05, 4.69) is 35.8 Å². The molecule has 0 bridgehead atoms. The number of hydrogen-bond acceptors (Lipinski definition) is 5. The Balaban J connectivity index is 2.04. The second-order valence-electron chi connectivity index (χ2n) is 6.30. The van der Waals surface area contributed by atoms with E-state index >= 15 is 0 Å². The van der Waals surface area contributed by atoms with Crippen molar-refractivity contribution in [1.82, 2.24) is 19.7 Å². The van der Waals surface area contributed by atoms with Gasteiger partial charge in [0.25, 0.3) is 0 Å². The van der Waals surface area contributed by atoms with Gasteiger partial charge in [0.1, 0.15) is 12.2 Å². The summed E-state index contributed by atoms with van der Waals surface area (Å²) in [5.74, 6) is 0.987. The number of likely N-dealkylation sites (tertiary alicyclic amines) is 1. The first-order valence-electron chi connectivity index (χ1n) is 7.22. The van der Waals surface area contributed by atoms with Crippen molar-refractivity contribution in [3.05, 3.63) is 12.2 Å². The van der Waals surface area contributed by atoms with Gasteiger partial charge in [0, 0.05) is 32.2 Å². The van der Waals surface area contributed by atoms with Gasteiger partial charge in [-0.25, -0.2) is 9.67 Å². The van der Waals surface area contributed by atoms with Gasteiger partial charge in [-0.3, -0.25) is 4.90 Å². The van der Waals surface area contributed by atoms with Crippen molar-refractivity contribution in [3.8, 4) is 0 Å². The Morgan fingerprint density at radius 1 is 1.45 bits per heavy atom. The van der Waals surface area contributed by atoms with Crippen molar-refractivity contribution in [2.45, 2.75) is 45.9 Å². The van der Waals surface area contributed by atoms with E-state index in [0.717, 1.165) is 32.0 Å². The minimum absolute atomic E-state index is 0.210. The highest BCUT2D eigenvalue weighted by Crippen LogP contribution is 2.39. The summed E-state index contributed by atoms with van der Waals surface area (Å²) in [6.45, 7) is 9.93. The molecular formula is C14H26N4O2. The Labute approximate surface area is 120 Å². The topological polar surface area (TPSA) is 63.4 Å². The van der Waals surface area contributed by atoms with E-state index in [0.29, 0.717) is 13.0 Å². The number of methoxy groups -OCH3 is 1. The molecule has 1 aromatic heterocycles. The van der Waals surface area contributed by atoms with Crippen LogP contribution >= 0.6 is 0 Å². The van der Waals surface area contributed by atoms with E-state index in [1.165, 1.54) is 0 Å². The Bertz CT molecular complexity index is 446. The number of aromatic nitrogens is 3. The monoisotopic (exact) mass is 282 g/mol. The molecular weight excluding hydrogens is 256 g/mol. The average molecular weight is 282 g/mol. The van der Waals surface area contributed by atoms with Crippen LogP contribution in [0.3, 0.4) is 0 Å². The van der Waals surface area contributed by atoms with Crippen molar-refractivity contribution in [2.75, 3.05) is 26.8 Å². The van der Waals surface area contributed by atoms with Gasteiger partial charge in [-0.15, -0.1) is 0 Å². The third kappa shape index (κ3) is 2.87. The molecule has 1 aromatic rings. The first kappa shape index (κ1) is 15.4. The Kier molecular flexibility index (Phi) is 4.46. The van der Waals surface area contributed by atoms with E-state index in [1.54, 1.807) is 13.4 Å². The summed E-state index contributed by atoms with van der Waals surface area (Å²) >= 11 is 0. The maximum absolute atomic E-state index is 10.8. The first-order valence-corrected chi connectivity index (χ1v) is 7.22. The lowest BCUT2D eigenvalue weighted by molar-refractivity contribution is -0.152. The van der Waals surface area contributed by atoms with Gasteiger partial charge in [-0.1, -0.05) is 13.8 Å². The fourth-order valence-electron chi connectivity index (χ4n) is 2.98. The summed E-state index contributed by atoms with van der Waals surface area (Å²) in [6, 6.07) is 0. The summed E-state index contributed by atoms with van der Waals surface area (Å²) in [6.07, 6.45) is 2.32. The lowest BCUT2D eigenvalue weighted by Gasteiger charge is -2.49. The SMILES string of the molecule is CCn1ncnc1CN1CC[C@@](O)(COC)C(C)(C)C1. The molecule has 0 aromatic carbocycles. The van der Waals surface area contributed by atoms with Gasteiger partial charge in [-0.05, 0) is 13.3 Å². The zero-order valence-corrected chi connectivity index (χ0v) is 13.0. The number of nitrogens with zero attached hydrogens (tertiary/aromatic N) is 4. The standard InChI is InChI=1S/C14H26N4O2/c1-5-18-12(15-11-16-18)8-17-7-6-14(19,10-20-4)13(2,3)9-17/h11,19H,5-10H2,1-4H3/t14-/m1/s1. The Hall–Kier alpha value is -0.980. The van der Waals surface area contributed by atoms with Crippen LogP contribution < -0.4 is 0 Å². The van der Waals surface area contributed by atoms with Crippen LogP contribution in [0, 0.1) is 5.41 Å². The molecule has 0 radical (unpaired) electrons. The Morgan fingerprint density at radius 3 is 2.80 bits per heavy atom. The van der Waals surface area contributed by atoms with Gasteiger partial charge in [0.15, 0.2) is 0 Å². The van der Waals surface area contributed by atoms with Gasteiger partial charge >= 0.3 is 0 Å². The van der Waals surface area contributed by atoms with Crippen LogP contribution in [-0.2, 0) is 17.8 Å². The third-order valence-electron chi connectivity index (χ3n) is 4.46. The van der Waals surface area contributed by atoms with Gasteiger partial charge in [0.2, 0.25) is 0 Å². The first-order chi connectivity index (χ1) is 9.42. The smallest absolute Gasteiger partial charge is 0.140 e. The highest BCUT2D eigenvalue weighted by molar-refractivity contribution is 5.00. The molecule has 0 aliphatic carbocycles.